The van der Waals surface area contributed by atoms with E-state index in [1.807, 2.05) is 0 Å². The third-order valence-electron chi connectivity index (χ3n) is 7.73. The van der Waals surface area contributed by atoms with Crippen LogP contribution < -0.4 is 0 Å². The first kappa shape index (κ1) is 28.1. The number of rotatable bonds is 6. The molecule has 1 radical (unpaired) electrons. The predicted octanol–water partition coefficient (Wildman–Crippen LogP) is 10.3. The second kappa shape index (κ2) is 11.2. The number of nitrogens with zero attached hydrogens (tertiary/aromatic N) is 2. The van der Waals surface area contributed by atoms with Crippen LogP contribution in [0.4, 0.5) is 0 Å². The van der Waals surface area contributed by atoms with Gasteiger partial charge in [0.2, 0.25) is 0 Å². The van der Waals surface area contributed by atoms with Crippen molar-refractivity contribution in [2.45, 2.75) is 59.3 Å². The first-order chi connectivity index (χ1) is 18.8. The summed E-state index contributed by atoms with van der Waals surface area (Å²) in [6.45, 7) is 13.5. The first-order valence-electron chi connectivity index (χ1n) is 14.0. The topological polar surface area (TPSA) is 31.0 Å². The van der Waals surface area contributed by atoms with Gasteiger partial charge < -0.3 is 8.98 Å². The molecule has 4 heteroatoms. The summed E-state index contributed by atoms with van der Waals surface area (Å²) in [5, 5.41) is 1.04. The van der Waals surface area contributed by atoms with E-state index < -0.39 is 0 Å². The zero-order valence-electron chi connectivity index (χ0n) is 24.0. The van der Waals surface area contributed by atoms with Gasteiger partial charge in [-0.25, -0.2) is 0 Å². The van der Waals surface area contributed by atoms with Crippen LogP contribution in [0.5, 0.6) is 0 Å². The summed E-state index contributed by atoms with van der Waals surface area (Å²) in [5.74, 6) is 1.92. The maximum absolute atomic E-state index is 6.04. The molecule has 0 saturated heterocycles. The Morgan fingerprint density at radius 1 is 0.700 bits per heavy atom. The zero-order chi connectivity index (χ0) is 27.3. The number of aromatic nitrogens is 2. The Morgan fingerprint density at radius 2 is 1.35 bits per heavy atom. The SMILES string of the molecule is CC(C)c1ccc2c(-c3nc4ccccc4n3-c3c(C(C)C)cc(-c4ccccc4)cc3C(C)C)[c-]oc2c1.[Ir]. The molecular formula is C36H35IrN2O-. The molecule has 0 unspecified atom stereocenters. The summed E-state index contributed by atoms with van der Waals surface area (Å²) in [4.78, 5) is 5.19. The van der Waals surface area contributed by atoms with Gasteiger partial charge in [-0.3, -0.25) is 4.98 Å². The van der Waals surface area contributed by atoms with Gasteiger partial charge in [0.15, 0.2) is 0 Å². The number of imidazole rings is 1. The largest absolute Gasteiger partial charge is 0.557 e. The number of hydrogen-bond acceptors (Lipinski definition) is 2. The molecule has 0 aliphatic rings. The van der Waals surface area contributed by atoms with E-state index >= 15 is 0 Å². The Bertz CT molecular complexity index is 1760. The second-order valence-corrected chi connectivity index (χ2v) is 11.4. The van der Waals surface area contributed by atoms with E-state index in [0.29, 0.717) is 17.8 Å². The maximum atomic E-state index is 6.04. The molecule has 0 atom stereocenters. The molecule has 0 aliphatic carbocycles. The Morgan fingerprint density at radius 3 is 2.00 bits per heavy atom. The van der Waals surface area contributed by atoms with Gasteiger partial charge in [0, 0.05) is 37.6 Å². The van der Waals surface area contributed by atoms with Crippen LogP contribution in [0.25, 0.3) is 50.2 Å². The minimum absolute atomic E-state index is 0. The Balaban J connectivity index is 0.00000323. The van der Waals surface area contributed by atoms with Gasteiger partial charge in [0.05, 0.1) is 16.9 Å². The monoisotopic (exact) mass is 704 g/mol. The van der Waals surface area contributed by atoms with Crippen LogP contribution in [0, 0.1) is 6.26 Å². The fraction of sp³-hybridized carbons (Fsp3) is 0.250. The molecule has 2 heterocycles. The molecule has 0 saturated carbocycles. The number of benzene rings is 4. The summed E-state index contributed by atoms with van der Waals surface area (Å²) < 4.78 is 8.39. The standard InChI is InChI=1S/C36H35N2O.Ir/c1-22(2)26-16-17-28-31(21-39-34(28)20-26)36-37-32-14-10-11-15-33(32)38(36)35-29(23(3)4)18-27(19-30(35)24(5)6)25-12-8-7-9-13-25;/h7-20,22-24H,1-6H3;/q-1;. The fourth-order valence-electron chi connectivity index (χ4n) is 5.55. The Kier molecular flexibility index (Phi) is 7.86. The molecule has 0 aliphatic heterocycles. The number of furan rings is 1. The molecule has 3 nitrogen and oxygen atoms in total. The Labute approximate surface area is 250 Å². The molecule has 0 N–H and O–H groups in total. The van der Waals surface area contributed by atoms with Gasteiger partial charge in [0.1, 0.15) is 0 Å². The summed E-state index contributed by atoms with van der Waals surface area (Å²) in [5.41, 5.74) is 11.4. The van der Waals surface area contributed by atoms with Gasteiger partial charge in [-0.05, 0) is 64.3 Å². The van der Waals surface area contributed by atoms with Crippen molar-refractivity contribution in [1.82, 2.24) is 9.55 Å². The Hall–Kier alpha value is -3.46. The molecule has 0 bridgehead atoms. The number of hydrogen-bond donors (Lipinski definition) is 0. The van der Waals surface area contributed by atoms with Crippen molar-refractivity contribution in [3.05, 3.63) is 108 Å². The van der Waals surface area contributed by atoms with Gasteiger partial charge in [-0.2, -0.15) is 0 Å². The zero-order valence-corrected chi connectivity index (χ0v) is 26.3. The van der Waals surface area contributed by atoms with Crippen molar-refractivity contribution in [1.29, 1.82) is 0 Å². The average Bonchev–Trinajstić information content (AvgIpc) is 3.53. The summed E-state index contributed by atoms with van der Waals surface area (Å²) >= 11 is 0. The van der Waals surface area contributed by atoms with Gasteiger partial charge in [0.25, 0.3) is 0 Å². The maximum Gasteiger partial charge on any atom is 0.0774 e. The van der Waals surface area contributed by atoms with Crippen LogP contribution in [0.1, 0.15) is 76.0 Å². The molecule has 2 aromatic heterocycles. The molecule has 6 rings (SSSR count). The van der Waals surface area contributed by atoms with E-state index in [1.165, 1.54) is 33.5 Å². The quantitative estimate of drug-likeness (QED) is 0.162. The van der Waals surface area contributed by atoms with Gasteiger partial charge in [-0.15, -0.1) is 6.07 Å². The molecular weight excluding hydrogens is 669 g/mol. The first-order valence-corrected chi connectivity index (χ1v) is 14.0. The van der Waals surface area contributed by atoms with E-state index in [-0.39, 0.29) is 20.1 Å². The molecule has 0 amide bonds. The number of para-hydroxylation sites is 2. The number of fused-ring (bicyclic) bond motifs is 2. The predicted molar refractivity (Wildman–Crippen MR) is 163 cm³/mol. The molecule has 6 aromatic rings. The van der Waals surface area contributed by atoms with Crippen LogP contribution >= 0.6 is 0 Å². The van der Waals surface area contributed by atoms with E-state index in [9.17, 15) is 0 Å². The minimum Gasteiger partial charge on any atom is -0.557 e. The van der Waals surface area contributed by atoms with Crippen LogP contribution in [-0.2, 0) is 20.1 Å². The second-order valence-electron chi connectivity index (χ2n) is 11.4. The van der Waals surface area contributed by atoms with E-state index in [2.05, 4.69) is 137 Å². The van der Waals surface area contributed by atoms with Crippen LogP contribution in [0.3, 0.4) is 0 Å². The van der Waals surface area contributed by atoms with Gasteiger partial charge in [-0.1, -0.05) is 113 Å². The molecule has 0 spiro atoms. The normalized spacial score (nSPS) is 11.7. The minimum atomic E-state index is 0. The fourth-order valence-corrected chi connectivity index (χ4v) is 5.55. The third kappa shape index (κ3) is 4.85. The van der Waals surface area contributed by atoms with Crippen molar-refractivity contribution in [3.63, 3.8) is 0 Å². The summed E-state index contributed by atoms with van der Waals surface area (Å²) in [6, 6.07) is 30.3. The van der Waals surface area contributed by atoms with Crippen molar-refractivity contribution >= 4 is 22.0 Å². The summed E-state index contributed by atoms with van der Waals surface area (Å²) in [7, 11) is 0. The van der Waals surface area contributed by atoms with Crippen LogP contribution in [0.15, 0.2) is 89.3 Å². The van der Waals surface area contributed by atoms with Crippen LogP contribution in [0.2, 0.25) is 0 Å². The average molecular weight is 704 g/mol. The van der Waals surface area contributed by atoms with E-state index in [0.717, 1.165) is 33.4 Å². The van der Waals surface area contributed by atoms with E-state index in [4.69, 9.17) is 9.40 Å². The molecule has 40 heavy (non-hydrogen) atoms. The van der Waals surface area contributed by atoms with Crippen molar-refractivity contribution in [2.24, 2.45) is 0 Å². The van der Waals surface area contributed by atoms with E-state index in [1.54, 1.807) is 0 Å². The smallest absolute Gasteiger partial charge is 0.0774 e. The third-order valence-corrected chi connectivity index (χ3v) is 7.73. The van der Waals surface area contributed by atoms with Crippen molar-refractivity contribution in [2.75, 3.05) is 0 Å². The summed E-state index contributed by atoms with van der Waals surface area (Å²) in [6.07, 6.45) is 3.24. The van der Waals surface area contributed by atoms with Crippen molar-refractivity contribution < 1.29 is 24.5 Å². The molecule has 0 fully saturated rings. The van der Waals surface area contributed by atoms with Crippen LogP contribution in [-0.4, -0.2) is 9.55 Å². The molecule has 205 valence electrons. The van der Waals surface area contributed by atoms with Crippen molar-refractivity contribution in [3.8, 4) is 28.2 Å². The van der Waals surface area contributed by atoms with Gasteiger partial charge >= 0.3 is 0 Å². The molecule has 4 aromatic carbocycles.